The number of carbonyl (C=O) groups excluding carboxylic acids is 2. The standard InChI is InChI=1S/C17H17BrN2O3S/c1-3-9-23-13-6-4-5-12(10-13)19-16(21)11-20(2)17(22)14-7-8-15(18)24-14/h3-8,10H,1,9,11H2,2H3,(H,19,21). The first kappa shape index (κ1) is 18.2. The Morgan fingerprint density at radius 2 is 2.17 bits per heavy atom. The van der Waals surface area contributed by atoms with Crippen LogP contribution in [-0.4, -0.2) is 36.9 Å². The molecule has 1 aromatic heterocycles. The second-order valence-electron chi connectivity index (χ2n) is 4.94. The summed E-state index contributed by atoms with van der Waals surface area (Å²) in [6.45, 7) is 3.95. The molecule has 2 rings (SSSR count). The molecule has 0 saturated heterocycles. The molecule has 0 aliphatic carbocycles. The summed E-state index contributed by atoms with van der Waals surface area (Å²) in [6, 6.07) is 10.6. The Bertz CT molecular complexity index is 745. The number of halogens is 1. The van der Waals surface area contributed by atoms with Gasteiger partial charge in [-0.15, -0.1) is 11.3 Å². The summed E-state index contributed by atoms with van der Waals surface area (Å²) in [6.07, 6.45) is 1.65. The van der Waals surface area contributed by atoms with Crippen LogP contribution < -0.4 is 10.1 Å². The number of amides is 2. The van der Waals surface area contributed by atoms with Crippen LogP contribution in [0.25, 0.3) is 0 Å². The van der Waals surface area contributed by atoms with Crippen LogP contribution in [0.3, 0.4) is 0 Å². The second-order valence-corrected chi connectivity index (χ2v) is 7.40. The highest BCUT2D eigenvalue weighted by molar-refractivity contribution is 9.11. The van der Waals surface area contributed by atoms with Crippen LogP contribution >= 0.6 is 27.3 Å². The predicted octanol–water partition coefficient (Wildman–Crippen LogP) is 3.79. The summed E-state index contributed by atoms with van der Waals surface area (Å²) in [5.41, 5.74) is 0.612. The Labute approximate surface area is 153 Å². The molecule has 1 N–H and O–H groups in total. The van der Waals surface area contributed by atoms with E-state index in [-0.39, 0.29) is 18.4 Å². The smallest absolute Gasteiger partial charge is 0.264 e. The molecule has 0 atom stereocenters. The zero-order valence-electron chi connectivity index (χ0n) is 13.1. The van der Waals surface area contributed by atoms with E-state index in [2.05, 4.69) is 27.8 Å². The van der Waals surface area contributed by atoms with Gasteiger partial charge in [0.15, 0.2) is 0 Å². The Morgan fingerprint density at radius 1 is 1.38 bits per heavy atom. The van der Waals surface area contributed by atoms with Gasteiger partial charge in [-0.05, 0) is 40.2 Å². The van der Waals surface area contributed by atoms with Crippen molar-refractivity contribution in [1.29, 1.82) is 0 Å². The predicted molar refractivity (Wildman–Crippen MR) is 99.7 cm³/mol. The van der Waals surface area contributed by atoms with Gasteiger partial charge in [0.05, 0.1) is 15.2 Å². The number of hydrogen-bond acceptors (Lipinski definition) is 4. The minimum atomic E-state index is -0.276. The third-order valence-electron chi connectivity index (χ3n) is 3.00. The topological polar surface area (TPSA) is 58.6 Å². The lowest BCUT2D eigenvalue weighted by Gasteiger charge is -2.16. The van der Waals surface area contributed by atoms with Crippen molar-refractivity contribution in [3.8, 4) is 5.75 Å². The molecular formula is C17H17BrN2O3S. The molecule has 7 heteroatoms. The molecule has 1 heterocycles. The van der Waals surface area contributed by atoms with E-state index in [9.17, 15) is 9.59 Å². The Morgan fingerprint density at radius 3 is 2.83 bits per heavy atom. The first-order valence-corrected chi connectivity index (χ1v) is 8.75. The quantitative estimate of drug-likeness (QED) is 0.708. The summed E-state index contributed by atoms with van der Waals surface area (Å²) >= 11 is 4.65. The lowest BCUT2D eigenvalue weighted by Crippen LogP contribution is -2.34. The number of nitrogens with zero attached hydrogens (tertiary/aromatic N) is 1. The van der Waals surface area contributed by atoms with Crippen molar-refractivity contribution in [1.82, 2.24) is 4.90 Å². The largest absolute Gasteiger partial charge is 0.489 e. The van der Waals surface area contributed by atoms with Gasteiger partial charge < -0.3 is 15.0 Å². The monoisotopic (exact) mass is 408 g/mol. The molecule has 0 radical (unpaired) electrons. The highest BCUT2D eigenvalue weighted by Gasteiger charge is 2.16. The van der Waals surface area contributed by atoms with Gasteiger partial charge >= 0.3 is 0 Å². The third-order valence-corrected chi connectivity index (χ3v) is 4.61. The number of nitrogens with one attached hydrogen (secondary N) is 1. The van der Waals surface area contributed by atoms with Gasteiger partial charge in [-0.1, -0.05) is 18.7 Å². The molecule has 0 aliphatic heterocycles. The van der Waals surface area contributed by atoms with Gasteiger partial charge in [-0.25, -0.2) is 0 Å². The molecule has 0 bridgehead atoms. The summed E-state index contributed by atoms with van der Waals surface area (Å²) in [5.74, 6) is 0.173. The van der Waals surface area contributed by atoms with Crippen LogP contribution in [0.15, 0.2) is 52.8 Å². The fourth-order valence-electron chi connectivity index (χ4n) is 1.92. The number of ether oxygens (including phenoxy) is 1. The maximum absolute atomic E-state index is 12.2. The molecule has 5 nitrogen and oxygen atoms in total. The van der Waals surface area contributed by atoms with E-state index in [0.29, 0.717) is 22.9 Å². The van der Waals surface area contributed by atoms with Crippen molar-refractivity contribution >= 4 is 44.8 Å². The molecule has 126 valence electrons. The van der Waals surface area contributed by atoms with Crippen LogP contribution in [0.4, 0.5) is 5.69 Å². The number of hydrogen-bond donors (Lipinski definition) is 1. The molecule has 0 fully saturated rings. The number of anilines is 1. The van der Waals surface area contributed by atoms with Gasteiger partial charge in [0.2, 0.25) is 5.91 Å². The van der Waals surface area contributed by atoms with Crippen LogP contribution in [0.2, 0.25) is 0 Å². The maximum Gasteiger partial charge on any atom is 0.264 e. The molecule has 0 spiro atoms. The summed E-state index contributed by atoms with van der Waals surface area (Å²) in [5, 5.41) is 2.76. The number of thiophene rings is 1. The van der Waals surface area contributed by atoms with Crippen molar-refractivity contribution in [2.24, 2.45) is 0 Å². The van der Waals surface area contributed by atoms with Crippen LogP contribution in [-0.2, 0) is 4.79 Å². The van der Waals surface area contributed by atoms with Gasteiger partial charge in [-0.3, -0.25) is 9.59 Å². The fourth-order valence-corrected chi connectivity index (χ4v) is 3.30. The Balaban J connectivity index is 1.92. The lowest BCUT2D eigenvalue weighted by atomic mass is 10.3. The first-order valence-electron chi connectivity index (χ1n) is 7.14. The van der Waals surface area contributed by atoms with E-state index >= 15 is 0 Å². The normalized spacial score (nSPS) is 10.1. The zero-order valence-corrected chi connectivity index (χ0v) is 15.5. The molecule has 1 aromatic carbocycles. The van der Waals surface area contributed by atoms with E-state index < -0.39 is 0 Å². The average molecular weight is 409 g/mol. The minimum Gasteiger partial charge on any atom is -0.489 e. The molecule has 0 aliphatic rings. The molecule has 2 aromatic rings. The van der Waals surface area contributed by atoms with E-state index in [1.807, 2.05) is 0 Å². The van der Waals surface area contributed by atoms with Gasteiger partial charge in [0.1, 0.15) is 12.4 Å². The van der Waals surface area contributed by atoms with E-state index in [4.69, 9.17) is 4.74 Å². The Hall–Kier alpha value is -2.12. The van der Waals surface area contributed by atoms with Crippen LogP contribution in [0.1, 0.15) is 9.67 Å². The Kier molecular flexibility index (Phi) is 6.57. The van der Waals surface area contributed by atoms with Crippen molar-refractivity contribution in [2.75, 3.05) is 25.5 Å². The first-order chi connectivity index (χ1) is 11.5. The zero-order chi connectivity index (χ0) is 17.5. The van der Waals surface area contributed by atoms with Gasteiger partial charge in [0.25, 0.3) is 5.91 Å². The number of benzene rings is 1. The number of carbonyl (C=O) groups is 2. The summed E-state index contributed by atoms with van der Waals surface area (Å²) in [4.78, 5) is 26.3. The van der Waals surface area contributed by atoms with E-state index in [0.717, 1.165) is 3.79 Å². The highest BCUT2D eigenvalue weighted by Crippen LogP contribution is 2.23. The minimum absolute atomic E-state index is 0.0356. The second kappa shape index (κ2) is 8.65. The van der Waals surface area contributed by atoms with Crippen molar-refractivity contribution in [2.45, 2.75) is 0 Å². The fraction of sp³-hybridized carbons (Fsp3) is 0.176. The maximum atomic E-state index is 12.2. The molecule has 24 heavy (non-hydrogen) atoms. The van der Waals surface area contributed by atoms with Crippen LogP contribution in [0.5, 0.6) is 5.75 Å². The van der Waals surface area contributed by atoms with E-state index in [1.54, 1.807) is 49.5 Å². The van der Waals surface area contributed by atoms with Crippen molar-refractivity contribution in [3.05, 3.63) is 57.7 Å². The van der Waals surface area contributed by atoms with E-state index in [1.165, 1.54) is 16.2 Å². The number of rotatable bonds is 7. The average Bonchev–Trinajstić information content (AvgIpc) is 2.98. The molecule has 0 saturated carbocycles. The third kappa shape index (κ3) is 5.21. The summed E-state index contributed by atoms with van der Waals surface area (Å²) in [7, 11) is 1.60. The van der Waals surface area contributed by atoms with Gasteiger partial charge in [0, 0.05) is 18.8 Å². The summed E-state index contributed by atoms with van der Waals surface area (Å²) < 4.78 is 6.29. The van der Waals surface area contributed by atoms with Crippen LogP contribution in [0, 0.1) is 0 Å². The van der Waals surface area contributed by atoms with Gasteiger partial charge in [-0.2, -0.15) is 0 Å². The highest BCUT2D eigenvalue weighted by atomic mass is 79.9. The van der Waals surface area contributed by atoms with Crippen molar-refractivity contribution < 1.29 is 14.3 Å². The van der Waals surface area contributed by atoms with Crippen molar-refractivity contribution in [3.63, 3.8) is 0 Å². The molecule has 2 amide bonds. The number of likely N-dealkylation sites (N-methyl/N-ethyl adjacent to an activating group) is 1. The molecule has 0 unspecified atom stereocenters. The SMILES string of the molecule is C=CCOc1cccc(NC(=O)CN(C)C(=O)c2ccc(Br)s2)c1. The lowest BCUT2D eigenvalue weighted by molar-refractivity contribution is -0.116. The molecular weight excluding hydrogens is 392 g/mol.